The summed E-state index contributed by atoms with van der Waals surface area (Å²) < 4.78 is 0. The summed E-state index contributed by atoms with van der Waals surface area (Å²) in [5.41, 5.74) is 4.43. The standard InChI is InChI=1S/C26H36N4/c1-7-13-30-14-11-21(12-15-30)20(5)28-26-17-24-16-22(9-10-23(24)18-27-26)25(8-2)29(6)19(3)4/h8-10,16-18,21H,3,5,7,11-15H2,1-2,4,6H3,(H,27,28)/b25-8-. The van der Waals surface area contributed by atoms with Gasteiger partial charge in [-0.1, -0.05) is 38.3 Å². The first kappa shape index (κ1) is 22.1. The Morgan fingerprint density at radius 3 is 2.60 bits per heavy atom. The molecule has 1 N–H and O–H groups in total. The summed E-state index contributed by atoms with van der Waals surface area (Å²) in [6.45, 7) is 18.3. The van der Waals surface area contributed by atoms with Crippen LogP contribution in [0.15, 0.2) is 61.1 Å². The fourth-order valence-electron chi connectivity index (χ4n) is 4.22. The highest BCUT2D eigenvalue weighted by molar-refractivity contribution is 5.87. The zero-order chi connectivity index (χ0) is 21.7. The van der Waals surface area contributed by atoms with Crippen molar-refractivity contribution in [3.63, 3.8) is 0 Å². The van der Waals surface area contributed by atoms with Gasteiger partial charge in [0.15, 0.2) is 0 Å². The molecule has 4 nitrogen and oxygen atoms in total. The van der Waals surface area contributed by atoms with Crippen LogP contribution in [0.5, 0.6) is 0 Å². The number of pyridine rings is 1. The van der Waals surface area contributed by atoms with Crippen LogP contribution in [0.25, 0.3) is 16.5 Å². The SMILES string of the molecule is C=C(Nc1cc2cc(/C(=C/C)N(C)C(=C)C)ccc2cn1)C1CCN(CCC)CC1. The van der Waals surface area contributed by atoms with Crippen molar-refractivity contribution in [2.45, 2.75) is 40.0 Å². The van der Waals surface area contributed by atoms with E-state index in [0.717, 1.165) is 41.4 Å². The van der Waals surface area contributed by atoms with Crippen molar-refractivity contribution in [1.82, 2.24) is 14.8 Å². The Bertz CT molecular complexity index is 935. The summed E-state index contributed by atoms with van der Waals surface area (Å²) in [6.07, 6.45) is 7.63. The molecule has 30 heavy (non-hydrogen) atoms. The second-order valence-corrected chi connectivity index (χ2v) is 8.37. The number of rotatable bonds is 8. The molecule has 1 aromatic carbocycles. The smallest absolute Gasteiger partial charge is 0.130 e. The molecule has 0 atom stereocenters. The van der Waals surface area contributed by atoms with Gasteiger partial charge in [-0.15, -0.1) is 0 Å². The highest BCUT2D eigenvalue weighted by Crippen LogP contribution is 2.28. The van der Waals surface area contributed by atoms with Gasteiger partial charge in [-0.25, -0.2) is 4.98 Å². The lowest BCUT2D eigenvalue weighted by Gasteiger charge is -2.32. The van der Waals surface area contributed by atoms with E-state index in [4.69, 9.17) is 0 Å². The molecule has 0 unspecified atom stereocenters. The number of benzene rings is 1. The number of hydrogen-bond acceptors (Lipinski definition) is 4. The maximum absolute atomic E-state index is 4.62. The number of fused-ring (bicyclic) bond motifs is 1. The molecule has 0 aliphatic carbocycles. The van der Waals surface area contributed by atoms with Crippen molar-refractivity contribution in [2.24, 2.45) is 5.92 Å². The van der Waals surface area contributed by atoms with Crippen molar-refractivity contribution in [3.05, 3.63) is 66.7 Å². The van der Waals surface area contributed by atoms with Crippen LogP contribution in [0, 0.1) is 5.92 Å². The molecular formula is C26H36N4. The number of anilines is 1. The van der Waals surface area contributed by atoms with Crippen molar-refractivity contribution in [2.75, 3.05) is 32.0 Å². The van der Waals surface area contributed by atoms with Gasteiger partial charge >= 0.3 is 0 Å². The quantitative estimate of drug-likeness (QED) is 0.575. The number of piperidine rings is 1. The van der Waals surface area contributed by atoms with Gasteiger partial charge in [0.1, 0.15) is 5.82 Å². The van der Waals surface area contributed by atoms with Crippen molar-refractivity contribution in [1.29, 1.82) is 0 Å². The maximum atomic E-state index is 4.62. The normalized spacial score (nSPS) is 15.9. The fraction of sp³-hybridized carbons (Fsp3) is 0.423. The van der Waals surface area contributed by atoms with E-state index in [1.54, 1.807) is 0 Å². The number of hydrogen-bond donors (Lipinski definition) is 1. The Hall–Kier alpha value is -2.59. The minimum absolute atomic E-state index is 0.515. The van der Waals surface area contributed by atoms with Crippen molar-refractivity contribution < 1.29 is 0 Å². The Morgan fingerprint density at radius 2 is 1.97 bits per heavy atom. The van der Waals surface area contributed by atoms with E-state index in [0.29, 0.717) is 5.92 Å². The van der Waals surface area contributed by atoms with Crippen LogP contribution in [-0.2, 0) is 0 Å². The van der Waals surface area contributed by atoms with Crippen LogP contribution in [0.3, 0.4) is 0 Å². The minimum Gasteiger partial charge on any atom is -0.349 e. The summed E-state index contributed by atoms with van der Waals surface area (Å²) in [5, 5.41) is 5.80. The Balaban J connectivity index is 1.74. The van der Waals surface area contributed by atoms with E-state index in [9.17, 15) is 0 Å². The molecule has 1 aromatic heterocycles. The van der Waals surface area contributed by atoms with Crippen molar-refractivity contribution >= 4 is 22.3 Å². The predicted octanol–water partition coefficient (Wildman–Crippen LogP) is 6.11. The van der Waals surface area contributed by atoms with Gasteiger partial charge < -0.3 is 15.1 Å². The lowest BCUT2D eigenvalue weighted by atomic mass is 9.94. The highest BCUT2D eigenvalue weighted by atomic mass is 15.1. The molecule has 2 aromatic rings. The average molecular weight is 405 g/mol. The van der Waals surface area contributed by atoms with Crippen molar-refractivity contribution in [3.8, 4) is 0 Å². The molecule has 0 bridgehead atoms. The van der Waals surface area contributed by atoms with Gasteiger partial charge in [-0.3, -0.25) is 0 Å². The van der Waals surface area contributed by atoms with Crippen LogP contribution in [0.1, 0.15) is 45.6 Å². The lowest BCUT2D eigenvalue weighted by molar-refractivity contribution is 0.200. The summed E-state index contributed by atoms with van der Waals surface area (Å²) in [5.74, 6) is 1.39. The van der Waals surface area contributed by atoms with E-state index in [1.165, 1.54) is 36.8 Å². The highest BCUT2D eigenvalue weighted by Gasteiger charge is 2.21. The van der Waals surface area contributed by atoms with Gasteiger partial charge in [0, 0.05) is 41.6 Å². The van der Waals surface area contributed by atoms with Crippen LogP contribution in [0.4, 0.5) is 5.82 Å². The number of nitrogens with zero attached hydrogens (tertiary/aromatic N) is 3. The summed E-state index contributed by atoms with van der Waals surface area (Å²) in [4.78, 5) is 9.30. The van der Waals surface area contributed by atoms with Gasteiger partial charge in [0.2, 0.25) is 0 Å². The van der Waals surface area contributed by atoms with E-state index in [-0.39, 0.29) is 0 Å². The van der Waals surface area contributed by atoms with E-state index in [2.05, 4.69) is 84.5 Å². The summed E-state index contributed by atoms with van der Waals surface area (Å²) in [7, 11) is 2.05. The molecule has 1 aliphatic rings. The lowest BCUT2D eigenvalue weighted by Crippen LogP contribution is -2.35. The molecule has 4 heteroatoms. The second kappa shape index (κ2) is 9.94. The second-order valence-electron chi connectivity index (χ2n) is 8.37. The molecule has 160 valence electrons. The number of allylic oxidation sites excluding steroid dienone is 3. The monoisotopic (exact) mass is 404 g/mol. The maximum Gasteiger partial charge on any atom is 0.130 e. The topological polar surface area (TPSA) is 31.4 Å². The van der Waals surface area contributed by atoms with Crippen LogP contribution in [0.2, 0.25) is 0 Å². The molecule has 0 radical (unpaired) electrons. The van der Waals surface area contributed by atoms with E-state index in [1.807, 2.05) is 13.1 Å². The molecule has 0 saturated carbocycles. The Morgan fingerprint density at radius 1 is 1.23 bits per heavy atom. The third-order valence-electron chi connectivity index (χ3n) is 6.13. The van der Waals surface area contributed by atoms with Gasteiger partial charge in [0.05, 0.1) is 0 Å². The van der Waals surface area contributed by atoms with E-state index >= 15 is 0 Å². The van der Waals surface area contributed by atoms with Gasteiger partial charge in [-0.2, -0.15) is 0 Å². The molecule has 1 fully saturated rings. The van der Waals surface area contributed by atoms with Gasteiger partial charge in [0.25, 0.3) is 0 Å². The molecule has 1 saturated heterocycles. The molecule has 3 rings (SSSR count). The molecule has 0 spiro atoms. The zero-order valence-corrected chi connectivity index (χ0v) is 19.0. The number of aromatic nitrogens is 1. The first-order valence-electron chi connectivity index (χ1n) is 11.1. The van der Waals surface area contributed by atoms with Gasteiger partial charge in [-0.05, 0) is 75.8 Å². The first-order valence-corrected chi connectivity index (χ1v) is 11.1. The number of likely N-dealkylation sites (tertiary alicyclic amines) is 1. The van der Waals surface area contributed by atoms with Crippen LogP contribution in [-0.4, -0.2) is 41.5 Å². The molecule has 2 heterocycles. The molecule has 1 aliphatic heterocycles. The van der Waals surface area contributed by atoms with E-state index < -0.39 is 0 Å². The molecule has 0 amide bonds. The molecular weight excluding hydrogens is 368 g/mol. The van der Waals surface area contributed by atoms with Crippen LogP contribution < -0.4 is 5.32 Å². The Kier molecular flexibility index (Phi) is 7.33. The zero-order valence-electron chi connectivity index (χ0n) is 19.0. The first-order chi connectivity index (χ1) is 14.4. The summed E-state index contributed by atoms with van der Waals surface area (Å²) >= 11 is 0. The number of nitrogens with one attached hydrogen (secondary N) is 1. The third kappa shape index (κ3) is 5.11. The predicted molar refractivity (Wildman–Crippen MR) is 130 cm³/mol. The third-order valence-corrected chi connectivity index (χ3v) is 6.13. The van der Waals surface area contributed by atoms with Crippen LogP contribution >= 0.6 is 0 Å². The largest absolute Gasteiger partial charge is 0.349 e. The average Bonchev–Trinajstić information content (AvgIpc) is 2.74. The fourth-order valence-corrected chi connectivity index (χ4v) is 4.22. The Labute approximate surface area is 182 Å². The summed E-state index contributed by atoms with van der Waals surface area (Å²) in [6, 6.07) is 8.64. The minimum atomic E-state index is 0.515.